The van der Waals surface area contributed by atoms with E-state index in [1.165, 1.54) is 12.1 Å². The molecule has 0 amide bonds. The third-order valence-corrected chi connectivity index (χ3v) is 2.73. The monoisotopic (exact) mass is 292 g/mol. The predicted octanol–water partition coefficient (Wildman–Crippen LogP) is 1.87. The molecule has 0 saturated heterocycles. The quantitative estimate of drug-likeness (QED) is 0.552. The van der Waals surface area contributed by atoms with Crippen molar-refractivity contribution < 1.29 is 9.13 Å². The molecule has 1 atom stereocenters. The van der Waals surface area contributed by atoms with Crippen molar-refractivity contribution in [1.29, 1.82) is 0 Å². The minimum absolute atomic E-state index is 0.117. The Hall–Kier alpha value is -2.48. The van der Waals surface area contributed by atoms with E-state index < -0.39 is 0 Å². The Labute approximate surface area is 121 Å². The zero-order valence-electron chi connectivity index (χ0n) is 11.8. The van der Waals surface area contributed by atoms with Crippen molar-refractivity contribution in [1.82, 2.24) is 15.0 Å². The van der Waals surface area contributed by atoms with E-state index in [1.807, 2.05) is 13.8 Å². The number of nitrogens with zero attached hydrogens (tertiary/aromatic N) is 3. The summed E-state index contributed by atoms with van der Waals surface area (Å²) in [5, 5.41) is 3.09. The summed E-state index contributed by atoms with van der Waals surface area (Å²) in [4.78, 5) is 12.2. The lowest BCUT2D eigenvalue weighted by Gasteiger charge is -2.15. The average molecular weight is 292 g/mol. The molecule has 1 aromatic heterocycles. The number of hydrazine groups is 1. The molecule has 7 nitrogen and oxygen atoms in total. The summed E-state index contributed by atoms with van der Waals surface area (Å²) in [7, 11) is 0. The van der Waals surface area contributed by atoms with Crippen molar-refractivity contribution in [2.24, 2.45) is 5.84 Å². The van der Waals surface area contributed by atoms with Crippen LogP contribution in [0.3, 0.4) is 0 Å². The van der Waals surface area contributed by atoms with E-state index in [9.17, 15) is 4.39 Å². The molecule has 0 bridgehead atoms. The molecule has 0 fully saturated rings. The Morgan fingerprint density at radius 2 is 1.86 bits per heavy atom. The fourth-order valence-corrected chi connectivity index (χ4v) is 1.71. The van der Waals surface area contributed by atoms with Gasteiger partial charge in [-0.1, -0.05) is 12.1 Å². The van der Waals surface area contributed by atoms with Crippen LogP contribution in [0.1, 0.15) is 25.5 Å². The molecule has 0 radical (unpaired) electrons. The lowest BCUT2D eigenvalue weighted by atomic mass is 10.1. The number of nitrogen functional groups attached to an aromatic ring is 1. The minimum atomic E-state index is -0.278. The molecule has 4 N–H and O–H groups in total. The number of anilines is 2. The summed E-state index contributed by atoms with van der Waals surface area (Å²) < 4.78 is 18.2. The number of nitrogens with two attached hydrogens (primary N) is 1. The fourth-order valence-electron chi connectivity index (χ4n) is 1.71. The van der Waals surface area contributed by atoms with Crippen LogP contribution < -0.4 is 21.3 Å². The van der Waals surface area contributed by atoms with Gasteiger partial charge >= 0.3 is 6.01 Å². The first-order chi connectivity index (χ1) is 10.1. The Morgan fingerprint density at radius 3 is 2.48 bits per heavy atom. The Bertz CT molecular complexity index is 592. The first kappa shape index (κ1) is 14.9. The Balaban J connectivity index is 2.17. The van der Waals surface area contributed by atoms with Crippen molar-refractivity contribution in [3.05, 3.63) is 35.6 Å². The maximum Gasteiger partial charge on any atom is 0.323 e. The number of hydrogen-bond acceptors (Lipinski definition) is 7. The lowest BCUT2D eigenvalue weighted by Crippen LogP contribution is -2.16. The molecule has 2 aromatic rings. The first-order valence-electron chi connectivity index (χ1n) is 6.50. The standard InChI is InChI=1S/C13H17FN6O/c1-3-21-13-18-11(17-12(19-13)20-15)16-8(2)9-4-6-10(14)7-5-9/h4-8H,3,15H2,1-2H3,(H2,16,17,18,19,20). The first-order valence-corrected chi connectivity index (χ1v) is 6.50. The second kappa shape index (κ2) is 6.80. The van der Waals surface area contributed by atoms with Crippen LogP contribution in [0.25, 0.3) is 0 Å². The van der Waals surface area contributed by atoms with Crippen LogP contribution >= 0.6 is 0 Å². The highest BCUT2D eigenvalue weighted by Crippen LogP contribution is 2.19. The Kier molecular flexibility index (Phi) is 4.83. The second-order valence-electron chi connectivity index (χ2n) is 4.26. The van der Waals surface area contributed by atoms with E-state index in [1.54, 1.807) is 12.1 Å². The van der Waals surface area contributed by atoms with E-state index in [-0.39, 0.29) is 23.8 Å². The second-order valence-corrected chi connectivity index (χ2v) is 4.26. The van der Waals surface area contributed by atoms with E-state index >= 15 is 0 Å². The van der Waals surface area contributed by atoms with Gasteiger partial charge < -0.3 is 10.1 Å². The number of nitrogens with one attached hydrogen (secondary N) is 2. The number of halogens is 1. The Morgan fingerprint density at radius 1 is 1.19 bits per heavy atom. The number of ether oxygens (including phenoxy) is 1. The van der Waals surface area contributed by atoms with Gasteiger partial charge in [0.25, 0.3) is 0 Å². The summed E-state index contributed by atoms with van der Waals surface area (Å²) in [6.45, 7) is 4.17. The summed E-state index contributed by atoms with van der Waals surface area (Å²) in [6.07, 6.45) is 0. The SMILES string of the molecule is CCOc1nc(NN)nc(NC(C)c2ccc(F)cc2)n1. The highest BCUT2D eigenvalue weighted by molar-refractivity contribution is 5.37. The third kappa shape index (κ3) is 3.99. The number of aromatic nitrogens is 3. The van der Waals surface area contributed by atoms with Crippen molar-refractivity contribution in [2.75, 3.05) is 17.3 Å². The molecular weight excluding hydrogens is 275 g/mol. The smallest absolute Gasteiger partial charge is 0.323 e. The van der Waals surface area contributed by atoms with Crippen LogP contribution in [-0.2, 0) is 0 Å². The molecule has 0 aliphatic carbocycles. The molecule has 0 aliphatic rings. The van der Waals surface area contributed by atoms with Gasteiger partial charge in [0.1, 0.15) is 5.82 Å². The predicted molar refractivity (Wildman–Crippen MR) is 77.2 cm³/mol. The van der Waals surface area contributed by atoms with Crippen LogP contribution in [-0.4, -0.2) is 21.6 Å². The summed E-state index contributed by atoms with van der Waals surface area (Å²) in [6, 6.07) is 6.25. The minimum Gasteiger partial charge on any atom is -0.464 e. The molecule has 21 heavy (non-hydrogen) atoms. The summed E-state index contributed by atoms with van der Waals surface area (Å²) in [5.41, 5.74) is 3.25. The maximum absolute atomic E-state index is 12.9. The van der Waals surface area contributed by atoms with Gasteiger partial charge in [-0.25, -0.2) is 10.2 Å². The van der Waals surface area contributed by atoms with Gasteiger partial charge in [-0.3, -0.25) is 5.43 Å². The molecule has 0 aliphatic heterocycles. The highest BCUT2D eigenvalue weighted by atomic mass is 19.1. The van der Waals surface area contributed by atoms with Crippen molar-refractivity contribution in [2.45, 2.75) is 19.9 Å². The van der Waals surface area contributed by atoms with E-state index in [0.717, 1.165) is 5.56 Å². The van der Waals surface area contributed by atoms with Crippen molar-refractivity contribution in [3.8, 4) is 6.01 Å². The van der Waals surface area contributed by atoms with Gasteiger partial charge in [-0.15, -0.1) is 0 Å². The van der Waals surface area contributed by atoms with Gasteiger partial charge in [0.2, 0.25) is 11.9 Å². The van der Waals surface area contributed by atoms with Crippen LogP contribution in [0.15, 0.2) is 24.3 Å². The molecule has 0 spiro atoms. The molecule has 2 rings (SSSR count). The van der Waals surface area contributed by atoms with Crippen LogP contribution in [0.2, 0.25) is 0 Å². The van der Waals surface area contributed by atoms with Crippen LogP contribution in [0.5, 0.6) is 6.01 Å². The lowest BCUT2D eigenvalue weighted by molar-refractivity contribution is 0.312. The molecule has 1 unspecified atom stereocenters. The van der Waals surface area contributed by atoms with Crippen LogP contribution in [0.4, 0.5) is 16.3 Å². The molecule has 112 valence electrons. The maximum atomic E-state index is 12.9. The summed E-state index contributed by atoms with van der Waals surface area (Å²) in [5.74, 6) is 5.55. The van der Waals surface area contributed by atoms with E-state index in [4.69, 9.17) is 10.6 Å². The van der Waals surface area contributed by atoms with Crippen LogP contribution in [0, 0.1) is 5.82 Å². The number of benzene rings is 1. The molecule has 1 aromatic carbocycles. The summed E-state index contributed by atoms with van der Waals surface area (Å²) >= 11 is 0. The van der Waals surface area contributed by atoms with Gasteiger partial charge in [0.15, 0.2) is 0 Å². The largest absolute Gasteiger partial charge is 0.464 e. The van der Waals surface area contributed by atoms with E-state index in [2.05, 4.69) is 25.7 Å². The molecular formula is C13H17FN6O. The fraction of sp³-hybridized carbons (Fsp3) is 0.308. The van der Waals surface area contributed by atoms with Crippen molar-refractivity contribution >= 4 is 11.9 Å². The van der Waals surface area contributed by atoms with Gasteiger partial charge in [0.05, 0.1) is 12.6 Å². The van der Waals surface area contributed by atoms with Crippen molar-refractivity contribution in [3.63, 3.8) is 0 Å². The van der Waals surface area contributed by atoms with Gasteiger partial charge in [-0.2, -0.15) is 15.0 Å². The normalized spacial score (nSPS) is 11.8. The highest BCUT2D eigenvalue weighted by Gasteiger charge is 2.11. The van der Waals surface area contributed by atoms with Gasteiger partial charge in [-0.05, 0) is 31.5 Å². The molecule has 1 heterocycles. The average Bonchev–Trinajstić information content (AvgIpc) is 2.48. The number of hydrogen-bond donors (Lipinski definition) is 3. The third-order valence-electron chi connectivity index (χ3n) is 2.73. The van der Waals surface area contributed by atoms with Gasteiger partial charge in [0, 0.05) is 0 Å². The molecule has 8 heteroatoms. The topological polar surface area (TPSA) is 98.0 Å². The number of rotatable bonds is 6. The van der Waals surface area contributed by atoms with E-state index in [0.29, 0.717) is 12.6 Å². The zero-order valence-corrected chi connectivity index (χ0v) is 11.8. The zero-order chi connectivity index (χ0) is 15.2. The molecule has 0 saturated carbocycles.